The number of aliphatic carboxylic acids is 1. The van der Waals surface area contributed by atoms with Gasteiger partial charge < -0.3 is 5.11 Å². The van der Waals surface area contributed by atoms with E-state index in [2.05, 4.69) is 15.9 Å². The molecule has 0 radical (unpaired) electrons. The maximum absolute atomic E-state index is 10.7. The summed E-state index contributed by atoms with van der Waals surface area (Å²) in [6, 6.07) is 5.87. The Balaban J connectivity index is 2.87. The van der Waals surface area contributed by atoms with Gasteiger partial charge in [0.2, 0.25) is 0 Å². The van der Waals surface area contributed by atoms with Crippen molar-refractivity contribution in [3.05, 3.63) is 33.8 Å². The molecule has 1 aromatic rings. The monoisotopic (exact) mass is 256 g/mol. The largest absolute Gasteiger partial charge is 0.481 e. The number of hydrogen-bond donors (Lipinski definition) is 1. The molecule has 1 N–H and O–H groups in total. The lowest BCUT2D eigenvalue weighted by Crippen LogP contribution is -2.12. The Kier molecular flexibility index (Phi) is 3.69. The molecule has 76 valence electrons. The summed E-state index contributed by atoms with van der Waals surface area (Å²) < 4.78 is 1.03. The molecule has 1 rings (SSSR count). The van der Waals surface area contributed by atoms with Gasteiger partial charge >= 0.3 is 5.97 Å². The Morgan fingerprint density at radius 1 is 1.57 bits per heavy atom. The molecule has 0 saturated heterocycles. The van der Waals surface area contributed by atoms with E-state index in [9.17, 15) is 4.79 Å². The quantitative estimate of drug-likeness (QED) is 0.903. The molecule has 0 aliphatic carbocycles. The van der Waals surface area contributed by atoms with Crippen molar-refractivity contribution in [1.29, 1.82) is 0 Å². The summed E-state index contributed by atoms with van der Waals surface area (Å²) in [7, 11) is 0. The average molecular weight is 257 g/mol. The summed E-state index contributed by atoms with van der Waals surface area (Å²) in [4.78, 5) is 10.7. The Hall–Kier alpha value is -0.830. The number of hydrogen-bond acceptors (Lipinski definition) is 1. The molecule has 0 fully saturated rings. The van der Waals surface area contributed by atoms with Gasteiger partial charge in [-0.15, -0.1) is 0 Å². The fraction of sp³-hybridized carbons (Fsp3) is 0.364. The molecule has 0 aliphatic heterocycles. The number of carboxylic acids is 1. The molecule has 14 heavy (non-hydrogen) atoms. The SMILES string of the molecule is Cc1c(Br)cccc1CC(C)C(=O)O. The summed E-state index contributed by atoms with van der Waals surface area (Å²) in [5.41, 5.74) is 2.22. The molecule has 3 heteroatoms. The van der Waals surface area contributed by atoms with Crippen LogP contribution in [-0.2, 0) is 11.2 Å². The van der Waals surface area contributed by atoms with Crippen LogP contribution in [0.15, 0.2) is 22.7 Å². The van der Waals surface area contributed by atoms with Gasteiger partial charge in [0, 0.05) is 4.47 Å². The second-order valence-electron chi connectivity index (χ2n) is 3.47. The zero-order chi connectivity index (χ0) is 10.7. The first-order chi connectivity index (χ1) is 6.52. The number of benzene rings is 1. The van der Waals surface area contributed by atoms with E-state index in [4.69, 9.17) is 5.11 Å². The van der Waals surface area contributed by atoms with Crippen LogP contribution in [0.25, 0.3) is 0 Å². The molecule has 1 atom stereocenters. The summed E-state index contributed by atoms with van der Waals surface area (Å²) in [5.74, 6) is -1.08. The normalized spacial score (nSPS) is 12.5. The molecule has 0 saturated carbocycles. The van der Waals surface area contributed by atoms with Gasteiger partial charge in [0.25, 0.3) is 0 Å². The van der Waals surface area contributed by atoms with E-state index in [1.54, 1.807) is 6.92 Å². The van der Waals surface area contributed by atoms with Crippen LogP contribution in [0, 0.1) is 12.8 Å². The molecule has 0 aliphatic rings. The van der Waals surface area contributed by atoms with Gasteiger partial charge in [-0.25, -0.2) is 0 Å². The highest BCUT2D eigenvalue weighted by atomic mass is 79.9. The second kappa shape index (κ2) is 4.60. The molecule has 0 bridgehead atoms. The minimum absolute atomic E-state index is 0.331. The summed E-state index contributed by atoms with van der Waals surface area (Å²) >= 11 is 3.43. The fourth-order valence-electron chi connectivity index (χ4n) is 1.29. The molecule has 1 unspecified atom stereocenters. The van der Waals surface area contributed by atoms with Gasteiger partial charge in [0.15, 0.2) is 0 Å². The van der Waals surface area contributed by atoms with Crippen LogP contribution in [0.5, 0.6) is 0 Å². The predicted molar refractivity (Wildman–Crippen MR) is 59.4 cm³/mol. The first-order valence-corrected chi connectivity index (χ1v) is 5.28. The molecule has 0 spiro atoms. The van der Waals surface area contributed by atoms with Gasteiger partial charge in [0.05, 0.1) is 5.92 Å². The van der Waals surface area contributed by atoms with Crippen LogP contribution in [0.3, 0.4) is 0 Å². The lowest BCUT2D eigenvalue weighted by Gasteiger charge is -2.10. The number of halogens is 1. The summed E-state index contributed by atoms with van der Waals surface area (Å²) in [6.07, 6.45) is 0.584. The zero-order valence-electron chi connectivity index (χ0n) is 8.25. The molecular weight excluding hydrogens is 244 g/mol. The Morgan fingerprint density at radius 3 is 2.79 bits per heavy atom. The van der Waals surface area contributed by atoms with E-state index < -0.39 is 5.97 Å². The fourth-order valence-corrected chi connectivity index (χ4v) is 1.70. The number of carboxylic acid groups (broad SMARTS) is 1. The van der Waals surface area contributed by atoms with Crippen molar-refractivity contribution in [2.24, 2.45) is 5.92 Å². The molecule has 0 amide bonds. The van der Waals surface area contributed by atoms with E-state index >= 15 is 0 Å². The molecular formula is C11H13BrO2. The number of carbonyl (C=O) groups is 1. The van der Waals surface area contributed by atoms with E-state index in [0.29, 0.717) is 6.42 Å². The predicted octanol–water partition coefficient (Wildman–Crippen LogP) is 3.02. The van der Waals surface area contributed by atoms with Crippen molar-refractivity contribution in [2.75, 3.05) is 0 Å². The van der Waals surface area contributed by atoms with Gasteiger partial charge in [-0.3, -0.25) is 4.79 Å². The van der Waals surface area contributed by atoms with Crippen LogP contribution < -0.4 is 0 Å². The summed E-state index contributed by atoms with van der Waals surface area (Å²) in [5, 5.41) is 8.79. The van der Waals surface area contributed by atoms with Gasteiger partial charge in [-0.05, 0) is 30.5 Å². The topological polar surface area (TPSA) is 37.3 Å². The highest BCUT2D eigenvalue weighted by Gasteiger charge is 2.13. The van der Waals surface area contributed by atoms with Crippen LogP contribution in [0.1, 0.15) is 18.1 Å². The first-order valence-electron chi connectivity index (χ1n) is 4.49. The van der Waals surface area contributed by atoms with Crippen molar-refractivity contribution in [2.45, 2.75) is 20.3 Å². The minimum Gasteiger partial charge on any atom is -0.481 e. The minimum atomic E-state index is -0.746. The Bertz CT molecular complexity index is 347. The van der Waals surface area contributed by atoms with E-state index in [-0.39, 0.29) is 5.92 Å². The highest BCUT2D eigenvalue weighted by molar-refractivity contribution is 9.10. The van der Waals surface area contributed by atoms with E-state index in [0.717, 1.165) is 15.6 Å². The molecule has 0 aromatic heterocycles. The molecule has 2 nitrogen and oxygen atoms in total. The van der Waals surface area contributed by atoms with Gasteiger partial charge in [0.1, 0.15) is 0 Å². The number of rotatable bonds is 3. The lowest BCUT2D eigenvalue weighted by atomic mass is 9.98. The van der Waals surface area contributed by atoms with Crippen molar-refractivity contribution < 1.29 is 9.90 Å². The van der Waals surface area contributed by atoms with Crippen molar-refractivity contribution in [3.8, 4) is 0 Å². The molecule has 1 aromatic carbocycles. The second-order valence-corrected chi connectivity index (χ2v) is 4.32. The Labute approximate surface area is 92.1 Å². The van der Waals surface area contributed by atoms with Crippen LogP contribution in [0.4, 0.5) is 0 Å². The molecule has 0 heterocycles. The smallest absolute Gasteiger partial charge is 0.306 e. The van der Waals surface area contributed by atoms with Gasteiger partial charge in [-0.1, -0.05) is 35.0 Å². The Morgan fingerprint density at radius 2 is 2.21 bits per heavy atom. The van der Waals surface area contributed by atoms with Crippen molar-refractivity contribution >= 4 is 21.9 Å². The average Bonchev–Trinajstić information content (AvgIpc) is 2.12. The maximum atomic E-state index is 10.7. The lowest BCUT2D eigenvalue weighted by molar-refractivity contribution is -0.141. The van der Waals surface area contributed by atoms with Gasteiger partial charge in [-0.2, -0.15) is 0 Å². The first kappa shape index (κ1) is 11.2. The third-order valence-corrected chi connectivity index (χ3v) is 3.19. The van der Waals surface area contributed by atoms with E-state index in [1.165, 1.54) is 0 Å². The zero-order valence-corrected chi connectivity index (χ0v) is 9.84. The van der Waals surface area contributed by atoms with Crippen LogP contribution >= 0.6 is 15.9 Å². The third-order valence-electron chi connectivity index (χ3n) is 2.33. The standard InChI is InChI=1S/C11H13BrO2/c1-7(11(13)14)6-9-4-3-5-10(12)8(9)2/h3-5,7H,6H2,1-2H3,(H,13,14). The van der Waals surface area contributed by atoms with Crippen LogP contribution in [-0.4, -0.2) is 11.1 Å². The van der Waals surface area contributed by atoms with Crippen molar-refractivity contribution in [1.82, 2.24) is 0 Å². The third kappa shape index (κ3) is 2.58. The maximum Gasteiger partial charge on any atom is 0.306 e. The van der Waals surface area contributed by atoms with Crippen LogP contribution in [0.2, 0.25) is 0 Å². The summed E-state index contributed by atoms with van der Waals surface area (Å²) in [6.45, 7) is 3.72. The highest BCUT2D eigenvalue weighted by Crippen LogP contribution is 2.21. The van der Waals surface area contributed by atoms with E-state index in [1.807, 2.05) is 25.1 Å². The van der Waals surface area contributed by atoms with Crippen molar-refractivity contribution in [3.63, 3.8) is 0 Å².